The minimum Gasteiger partial charge on any atom is -0.505 e. The van der Waals surface area contributed by atoms with E-state index in [1.54, 1.807) is 0 Å². The van der Waals surface area contributed by atoms with E-state index in [1.165, 1.54) is 18.2 Å². The number of aromatic carboxylic acids is 1. The lowest BCUT2D eigenvalue weighted by molar-refractivity contribution is 0.0694. The second-order valence-corrected chi connectivity index (χ2v) is 4.36. The number of amides is 2. The van der Waals surface area contributed by atoms with Crippen LogP contribution in [0.3, 0.4) is 0 Å². The van der Waals surface area contributed by atoms with Crippen LogP contribution >= 0.6 is 0 Å². The van der Waals surface area contributed by atoms with Crippen LogP contribution in [0.1, 0.15) is 30.6 Å². The average Bonchev–Trinajstić information content (AvgIpc) is 2.38. The van der Waals surface area contributed by atoms with Gasteiger partial charge in [0.25, 0.3) is 0 Å². The molecular weight excluding hydrogens is 248 g/mol. The summed E-state index contributed by atoms with van der Waals surface area (Å²) >= 11 is 0. The molecule has 6 heteroatoms. The van der Waals surface area contributed by atoms with Crippen LogP contribution in [0.5, 0.6) is 5.75 Å². The standard InChI is InChI=1S/C13H18N2O4/c1-3-8(2)7-14-13(19)15-10-6-4-5-9(11(10)16)12(17)18/h4-6,8,16H,3,7H2,1-2H3,(H,17,18)(H2,14,15,19). The summed E-state index contributed by atoms with van der Waals surface area (Å²) in [5.74, 6) is -1.35. The number of carboxylic acid groups (broad SMARTS) is 1. The van der Waals surface area contributed by atoms with Gasteiger partial charge in [0.2, 0.25) is 0 Å². The van der Waals surface area contributed by atoms with Crippen LogP contribution in [-0.2, 0) is 0 Å². The van der Waals surface area contributed by atoms with Crippen LogP contribution in [-0.4, -0.2) is 28.8 Å². The van der Waals surface area contributed by atoms with Crippen molar-refractivity contribution in [2.45, 2.75) is 20.3 Å². The molecule has 0 radical (unpaired) electrons. The van der Waals surface area contributed by atoms with E-state index in [0.717, 1.165) is 6.42 Å². The largest absolute Gasteiger partial charge is 0.505 e. The van der Waals surface area contributed by atoms with E-state index >= 15 is 0 Å². The summed E-state index contributed by atoms with van der Waals surface area (Å²) in [5, 5.41) is 23.6. The molecule has 0 saturated carbocycles. The Kier molecular flexibility index (Phi) is 5.17. The van der Waals surface area contributed by atoms with E-state index in [-0.39, 0.29) is 11.3 Å². The van der Waals surface area contributed by atoms with Gasteiger partial charge in [-0.1, -0.05) is 26.3 Å². The number of nitrogens with one attached hydrogen (secondary N) is 2. The quantitative estimate of drug-likeness (QED) is 0.614. The molecule has 1 aromatic rings. The topological polar surface area (TPSA) is 98.7 Å². The van der Waals surface area contributed by atoms with Gasteiger partial charge in [-0.3, -0.25) is 0 Å². The smallest absolute Gasteiger partial charge is 0.339 e. The first-order valence-electron chi connectivity index (χ1n) is 6.05. The Morgan fingerprint density at radius 3 is 2.63 bits per heavy atom. The fourth-order valence-corrected chi connectivity index (χ4v) is 1.39. The van der Waals surface area contributed by atoms with Crippen LogP contribution in [0.2, 0.25) is 0 Å². The molecule has 0 aliphatic rings. The zero-order valence-corrected chi connectivity index (χ0v) is 10.9. The molecule has 4 N–H and O–H groups in total. The molecule has 6 nitrogen and oxygen atoms in total. The van der Waals surface area contributed by atoms with Crippen molar-refractivity contribution in [2.75, 3.05) is 11.9 Å². The maximum atomic E-state index is 11.6. The second-order valence-electron chi connectivity index (χ2n) is 4.36. The first-order valence-corrected chi connectivity index (χ1v) is 6.05. The number of rotatable bonds is 5. The number of urea groups is 1. The van der Waals surface area contributed by atoms with E-state index in [4.69, 9.17) is 5.11 Å². The van der Waals surface area contributed by atoms with Crippen LogP contribution < -0.4 is 10.6 Å². The summed E-state index contributed by atoms with van der Waals surface area (Å²) in [6.07, 6.45) is 0.944. The zero-order valence-electron chi connectivity index (χ0n) is 10.9. The van der Waals surface area contributed by atoms with Crippen LogP contribution in [0.15, 0.2) is 18.2 Å². The van der Waals surface area contributed by atoms with Gasteiger partial charge in [0, 0.05) is 6.54 Å². The van der Waals surface area contributed by atoms with Crippen molar-refractivity contribution in [3.63, 3.8) is 0 Å². The molecule has 1 rings (SSSR count). The van der Waals surface area contributed by atoms with Gasteiger partial charge in [0.1, 0.15) is 5.56 Å². The fourth-order valence-electron chi connectivity index (χ4n) is 1.39. The molecular formula is C13H18N2O4. The number of carbonyl (C=O) groups is 2. The molecule has 0 aliphatic carbocycles. The van der Waals surface area contributed by atoms with Crippen LogP contribution in [0.4, 0.5) is 10.5 Å². The molecule has 1 unspecified atom stereocenters. The molecule has 0 saturated heterocycles. The maximum Gasteiger partial charge on any atom is 0.339 e. The highest BCUT2D eigenvalue weighted by atomic mass is 16.4. The minimum absolute atomic E-state index is 0.0709. The van der Waals surface area contributed by atoms with Crippen molar-refractivity contribution in [3.05, 3.63) is 23.8 Å². The summed E-state index contributed by atoms with van der Waals surface area (Å²) in [6.45, 7) is 4.54. The van der Waals surface area contributed by atoms with Gasteiger partial charge in [-0.05, 0) is 18.1 Å². The molecule has 0 aromatic heterocycles. The Labute approximate surface area is 111 Å². The van der Waals surface area contributed by atoms with Gasteiger partial charge >= 0.3 is 12.0 Å². The summed E-state index contributed by atoms with van der Waals surface area (Å²) in [4.78, 5) is 22.4. The average molecular weight is 266 g/mol. The predicted octanol–water partition coefficient (Wildman–Crippen LogP) is 2.26. The third-order valence-corrected chi connectivity index (χ3v) is 2.82. The minimum atomic E-state index is -1.25. The van der Waals surface area contributed by atoms with Gasteiger partial charge in [-0.2, -0.15) is 0 Å². The molecule has 0 heterocycles. The van der Waals surface area contributed by atoms with E-state index in [1.807, 2.05) is 13.8 Å². The highest BCUT2D eigenvalue weighted by molar-refractivity contribution is 5.97. The third-order valence-electron chi connectivity index (χ3n) is 2.82. The Hall–Kier alpha value is -2.24. The molecule has 0 spiro atoms. The summed E-state index contributed by atoms with van der Waals surface area (Å²) < 4.78 is 0. The molecule has 1 aromatic carbocycles. The molecule has 0 aliphatic heterocycles. The van der Waals surface area contributed by atoms with E-state index < -0.39 is 17.7 Å². The van der Waals surface area contributed by atoms with Crippen molar-refractivity contribution in [1.29, 1.82) is 0 Å². The monoisotopic (exact) mass is 266 g/mol. The number of benzene rings is 1. The Morgan fingerprint density at radius 1 is 1.37 bits per heavy atom. The predicted molar refractivity (Wildman–Crippen MR) is 71.5 cm³/mol. The van der Waals surface area contributed by atoms with Crippen molar-refractivity contribution in [1.82, 2.24) is 5.32 Å². The lowest BCUT2D eigenvalue weighted by Crippen LogP contribution is -2.32. The fraction of sp³-hybridized carbons (Fsp3) is 0.385. The SMILES string of the molecule is CCC(C)CNC(=O)Nc1cccc(C(=O)O)c1O. The second kappa shape index (κ2) is 6.63. The molecule has 2 amide bonds. The number of phenols is 1. The van der Waals surface area contributed by atoms with Gasteiger partial charge in [0.15, 0.2) is 5.75 Å². The van der Waals surface area contributed by atoms with E-state index in [9.17, 15) is 14.7 Å². The number of carbonyl (C=O) groups excluding carboxylic acids is 1. The van der Waals surface area contributed by atoms with Crippen molar-refractivity contribution in [3.8, 4) is 5.75 Å². The number of aromatic hydroxyl groups is 1. The van der Waals surface area contributed by atoms with Crippen LogP contribution in [0.25, 0.3) is 0 Å². The summed E-state index contributed by atoms with van der Waals surface area (Å²) in [5.41, 5.74) is -0.179. The van der Waals surface area contributed by atoms with Crippen molar-refractivity contribution >= 4 is 17.7 Å². The molecule has 19 heavy (non-hydrogen) atoms. The number of carboxylic acids is 1. The van der Waals surface area contributed by atoms with Gasteiger partial charge in [-0.25, -0.2) is 9.59 Å². The summed E-state index contributed by atoms with van der Waals surface area (Å²) in [6, 6.07) is 3.68. The normalized spacial score (nSPS) is 11.7. The molecule has 1 atom stereocenters. The molecule has 0 fully saturated rings. The number of hydrogen-bond donors (Lipinski definition) is 4. The van der Waals surface area contributed by atoms with Crippen molar-refractivity contribution < 1.29 is 19.8 Å². The van der Waals surface area contributed by atoms with Gasteiger partial charge < -0.3 is 20.8 Å². The lowest BCUT2D eigenvalue weighted by atomic mass is 10.1. The van der Waals surface area contributed by atoms with Gasteiger partial charge in [-0.15, -0.1) is 0 Å². The van der Waals surface area contributed by atoms with E-state index in [2.05, 4.69) is 10.6 Å². The summed E-state index contributed by atoms with van der Waals surface area (Å²) in [7, 11) is 0. The maximum absolute atomic E-state index is 11.6. The van der Waals surface area contributed by atoms with Gasteiger partial charge in [0.05, 0.1) is 5.69 Å². The Bertz CT molecular complexity index is 474. The highest BCUT2D eigenvalue weighted by Crippen LogP contribution is 2.27. The first-order chi connectivity index (χ1) is 8.95. The third kappa shape index (κ3) is 4.17. The molecule has 104 valence electrons. The first kappa shape index (κ1) is 14.8. The van der Waals surface area contributed by atoms with E-state index in [0.29, 0.717) is 12.5 Å². The lowest BCUT2D eigenvalue weighted by Gasteiger charge is -2.12. The number of para-hydroxylation sites is 1. The molecule has 0 bridgehead atoms. The van der Waals surface area contributed by atoms with Crippen molar-refractivity contribution in [2.24, 2.45) is 5.92 Å². The zero-order chi connectivity index (χ0) is 14.4. The highest BCUT2D eigenvalue weighted by Gasteiger charge is 2.14. The number of anilines is 1. The Morgan fingerprint density at radius 2 is 2.05 bits per heavy atom. The van der Waals surface area contributed by atoms with Crippen LogP contribution in [0, 0.1) is 5.92 Å². The number of hydrogen-bond acceptors (Lipinski definition) is 3. The Balaban J connectivity index is 2.69.